The first kappa shape index (κ1) is 15.4. The minimum atomic E-state index is -0.278. The van der Waals surface area contributed by atoms with Gasteiger partial charge in [-0.1, -0.05) is 24.3 Å². The lowest BCUT2D eigenvalue weighted by molar-refractivity contribution is 0.628. The van der Waals surface area contributed by atoms with Crippen molar-refractivity contribution >= 4 is 5.82 Å². The third-order valence-electron chi connectivity index (χ3n) is 4.48. The Morgan fingerprint density at radius 3 is 2.84 bits per heavy atom. The summed E-state index contributed by atoms with van der Waals surface area (Å²) in [5.74, 6) is 0.624. The van der Waals surface area contributed by atoms with Crippen LogP contribution in [0.15, 0.2) is 48.5 Å². The molecule has 0 amide bonds. The molecule has 2 heterocycles. The Morgan fingerprint density at radius 1 is 1.12 bits per heavy atom. The fraction of sp³-hybridized carbons (Fsp3) is 0.200. The second-order valence-corrected chi connectivity index (χ2v) is 6.11. The highest BCUT2D eigenvalue weighted by Crippen LogP contribution is 2.34. The number of nitriles is 1. The van der Waals surface area contributed by atoms with Crippen molar-refractivity contribution in [1.29, 1.82) is 5.26 Å². The molecular weight excluding hydrogens is 315 g/mol. The van der Waals surface area contributed by atoms with Gasteiger partial charge in [0.05, 0.1) is 16.9 Å². The zero-order chi connectivity index (χ0) is 17.2. The van der Waals surface area contributed by atoms with Crippen molar-refractivity contribution < 1.29 is 4.39 Å². The van der Waals surface area contributed by atoms with E-state index >= 15 is 0 Å². The highest BCUT2D eigenvalue weighted by molar-refractivity contribution is 5.72. The molecule has 4 nitrogen and oxygen atoms in total. The first-order valence-electron chi connectivity index (χ1n) is 8.39. The van der Waals surface area contributed by atoms with Crippen molar-refractivity contribution in [2.45, 2.75) is 19.3 Å². The molecule has 0 fully saturated rings. The first-order valence-corrected chi connectivity index (χ1v) is 8.39. The summed E-state index contributed by atoms with van der Waals surface area (Å²) in [4.78, 5) is 0. The van der Waals surface area contributed by atoms with Crippen molar-refractivity contribution in [3.05, 3.63) is 65.5 Å². The van der Waals surface area contributed by atoms with Gasteiger partial charge in [-0.25, -0.2) is 9.07 Å². The van der Waals surface area contributed by atoms with Gasteiger partial charge >= 0.3 is 0 Å². The molecule has 5 heteroatoms. The molecule has 1 aliphatic rings. The summed E-state index contributed by atoms with van der Waals surface area (Å²) in [5.41, 5.74) is 3.91. The largest absolute Gasteiger partial charge is 0.370 e. The SMILES string of the molecule is N#Cc1ccccc1-n1nc(-c2cccc(F)c2)c2c1NCCCC2. The van der Waals surface area contributed by atoms with Crippen LogP contribution in [0.4, 0.5) is 10.2 Å². The molecule has 0 radical (unpaired) electrons. The summed E-state index contributed by atoms with van der Waals surface area (Å²) >= 11 is 0. The van der Waals surface area contributed by atoms with Crippen molar-refractivity contribution in [3.8, 4) is 23.0 Å². The van der Waals surface area contributed by atoms with Crippen molar-refractivity contribution in [2.75, 3.05) is 11.9 Å². The van der Waals surface area contributed by atoms with Crippen molar-refractivity contribution in [2.24, 2.45) is 0 Å². The van der Waals surface area contributed by atoms with Gasteiger partial charge < -0.3 is 5.32 Å². The second kappa shape index (κ2) is 6.40. The third kappa shape index (κ3) is 2.76. The number of nitrogens with zero attached hydrogens (tertiary/aromatic N) is 3. The Morgan fingerprint density at radius 2 is 2.00 bits per heavy atom. The molecule has 0 saturated heterocycles. The molecule has 1 aromatic heterocycles. The lowest BCUT2D eigenvalue weighted by Crippen LogP contribution is -2.08. The van der Waals surface area contributed by atoms with Gasteiger partial charge in [-0.15, -0.1) is 0 Å². The van der Waals surface area contributed by atoms with Gasteiger partial charge in [0, 0.05) is 17.7 Å². The molecule has 0 aliphatic carbocycles. The summed E-state index contributed by atoms with van der Waals surface area (Å²) in [6.07, 6.45) is 2.99. The van der Waals surface area contributed by atoms with Crippen LogP contribution in [0.3, 0.4) is 0 Å². The highest BCUT2D eigenvalue weighted by atomic mass is 19.1. The minimum absolute atomic E-state index is 0.278. The normalized spacial score (nSPS) is 13.4. The third-order valence-corrected chi connectivity index (χ3v) is 4.48. The van der Waals surface area contributed by atoms with Gasteiger partial charge in [-0.3, -0.25) is 0 Å². The first-order chi connectivity index (χ1) is 12.3. The van der Waals surface area contributed by atoms with Gasteiger partial charge in [0.15, 0.2) is 0 Å². The van der Waals surface area contributed by atoms with Gasteiger partial charge in [-0.2, -0.15) is 10.4 Å². The molecular formula is C20H17FN4. The van der Waals surface area contributed by atoms with Gasteiger partial charge in [0.25, 0.3) is 0 Å². The molecule has 4 rings (SSSR count). The number of anilines is 1. The number of para-hydroxylation sites is 1. The zero-order valence-electron chi connectivity index (χ0n) is 13.7. The Kier molecular flexibility index (Phi) is 3.95. The number of halogens is 1. The van der Waals surface area contributed by atoms with E-state index in [0.29, 0.717) is 5.56 Å². The van der Waals surface area contributed by atoms with Crippen molar-refractivity contribution in [3.63, 3.8) is 0 Å². The van der Waals surface area contributed by atoms with Crippen LogP contribution < -0.4 is 5.32 Å². The van der Waals surface area contributed by atoms with E-state index in [4.69, 9.17) is 5.10 Å². The number of rotatable bonds is 2. The molecule has 0 saturated carbocycles. The van der Waals surface area contributed by atoms with Crippen LogP contribution in [0.25, 0.3) is 16.9 Å². The van der Waals surface area contributed by atoms with Crippen LogP contribution in [-0.4, -0.2) is 16.3 Å². The lowest BCUT2D eigenvalue weighted by atomic mass is 10.0. The summed E-state index contributed by atoms with van der Waals surface area (Å²) in [7, 11) is 0. The van der Waals surface area contributed by atoms with Crippen LogP contribution >= 0.6 is 0 Å². The Bertz CT molecular complexity index is 968. The molecule has 0 unspecified atom stereocenters. The number of fused-ring (bicyclic) bond motifs is 1. The summed E-state index contributed by atoms with van der Waals surface area (Å²) in [6.45, 7) is 0.857. The average molecular weight is 332 g/mol. The summed E-state index contributed by atoms with van der Waals surface area (Å²) in [6, 6.07) is 16.1. The summed E-state index contributed by atoms with van der Waals surface area (Å²) in [5, 5.41) is 17.6. The molecule has 2 aromatic carbocycles. The Balaban J connectivity index is 1.96. The summed E-state index contributed by atoms with van der Waals surface area (Å²) < 4.78 is 15.5. The predicted octanol–water partition coefficient (Wildman–Crippen LogP) is 4.30. The average Bonchev–Trinajstić information content (AvgIpc) is 2.82. The molecule has 1 aliphatic heterocycles. The maximum Gasteiger partial charge on any atom is 0.133 e. The van der Waals surface area contributed by atoms with Gasteiger partial charge in [-0.05, 0) is 43.5 Å². The molecule has 3 aromatic rings. The molecule has 124 valence electrons. The van der Waals surface area contributed by atoms with Gasteiger partial charge in [0.1, 0.15) is 17.7 Å². The van der Waals surface area contributed by atoms with E-state index in [9.17, 15) is 9.65 Å². The predicted molar refractivity (Wildman–Crippen MR) is 95.1 cm³/mol. The van der Waals surface area contributed by atoms with Crippen LogP contribution in [0, 0.1) is 17.1 Å². The van der Waals surface area contributed by atoms with Crippen LogP contribution in [0.1, 0.15) is 24.0 Å². The van der Waals surface area contributed by atoms with Crippen LogP contribution in [-0.2, 0) is 6.42 Å². The Labute approximate surface area is 145 Å². The van der Waals surface area contributed by atoms with E-state index in [0.717, 1.165) is 54.1 Å². The van der Waals surface area contributed by atoms with E-state index < -0.39 is 0 Å². The second-order valence-electron chi connectivity index (χ2n) is 6.11. The van der Waals surface area contributed by atoms with Crippen LogP contribution in [0.2, 0.25) is 0 Å². The monoisotopic (exact) mass is 332 g/mol. The molecule has 0 atom stereocenters. The molecule has 25 heavy (non-hydrogen) atoms. The van der Waals surface area contributed by atoms with Crippen LogP contribution in [0.5, 0.6) is 0 Å². The number of hydrogen-bond donors (Lipinski definition) is 1. The van der Waals surface area contributed by atoms with E-state index in [1.54, 1.807) is 16.8 Å². The highest BCUT2D eigenvalue weighted by Gasteiger charge is 2.22. The van der Waals surface area contributed by atoms with E-state index in [-0.39, 0.29) is 5.82 Å². The topological polar surface area (TPSA) is 53.6 Å². The van der Waals surface area contributed by atoms with E-state index in [1.807, 2.05) is 24.3 Å². The maximum absolute atomic E-state index is 13.7. The number of hydrogen-bond acceptors (Lipinski definition) is 3. The molecule has 1 N–H and O–H groups in total. The molecule has 0 spiro atoms. The van der Waals surface area contributed by atoms with Gasteiger partial charge in [0.2, 0.25) is 0 Å². The molecule has 0 bridgehead atoms. The minimum Gasteiger partial charge on any atom is -0.370 e. The Hall–Kier alpha value is -3.13. The van der Waals surface area contributed by atoms with E-state index in [2.05, 4.69) is 11.4 Å². The maximum atomic E-state index is 13.7. The number of nitrogens with one attached hydrogen (secondary N) is 1. The lowest BCUT2D eigenvalue weighted by Gasteiger charge is -2.10. The van der Waals surface area contributed by atoms with E-state index in [1.165, 1.54) is 12.1 Å². The fourth-order valence-electron chi connectivity index (χ4n) is 3.30. The quantitative estimate of drug-likeness (QED) is 0.761. The smallest absolute Gasteiger partial charge is 0.133 e. The standard InChI is InChI=1S/C20H17FN4/c21-16-8-5-7-14(12-16)19-17-9-3-4-11-23-20(17)25(24-19)18-10-2-1-6-15(18)13-22/h1-2,5-8,10,12,23H,3-4,9,11H2. The number of benzene rings is 2. The fourth-order valence-corrected chi connectivity index (χ4v) is 3.30. The van der Waals surface area contributed by atoms with Crippen molar-refractivity contribution in [1.82, 2.24) is 9.78 Å². The zero-order valence-corrected chi connectivity index (χ0v) is 13.7. The number of aromatic nitrogens is 2.